The maximum absolute atomic E-state index is 9.18. The molecule has 0 fully saturated rings. The third-order valence-electron chi connectivity index (χ3n) is 3.20. The number of aromatic nitrogens is 3. The van der Waals surface area contributed by atoms with Gasteiger partial charge in [0.25, 0.3) is 0 Å². The highest BCUT2D eigenvalue weighted by Gasteiger charge is 2.21. The van der Waals surface area contributed by atoms with Crippen molar-refractivity contribution < 1.29 is 4.42 Å². The van der Waals surface area contributed by atoms with Crippen molar-refractivity contribution in [3.8, 4) is 17.5 Å². The quantitative estimate of drug-likeness (QED) is 0.729. The molecule has 2 aromatic heterocycles. The summed E-state index contributed by atoms with van der Waals surface area (Å²) in [6, 6.07) is 15.5. The largest absolute Gasteiger partial charge is 0.463 e. The minimum atomic E-state index is -0.0362. The van der Waals surface area contributed by atoms with Crippen molar-refractivity contribution in [3.63, 3.8) is 0 Å². The second-order valence-electron chi connectivity index (χ2n) is 4.41. The van der Waals surface area contributed by atoms with Crippen LogP contribution in [0.3, 0.4) is 0 Å². The number of furan rings is 1. The minimum Gasteiger partial charge on any atom is -0.463 e. The van der Waals surface area contributed by atoms with Gasteiger partial charge in [-0.3, -0.25) is 0 Å². The van der Waals surface area contributed by atoms with Gasteiger partial charge in [0, 0.05) is 0 Å². The van der Waals surface area contributed by atoms with Crippen LogP contribution in [0, 0.1) is 11.3 Å². The van der Waals surface area contributed by atoms with E-state index in [0.29, 0.717) is 11.5 Å². The van der Waals surface area contributed by atoms with Crippen LogP contribution in [0.1, 0.15) is 24.2 Å². The minimum absolute atomic E-state index is 0.0362. The Kier molecular flexibility index (Phi) is 3.05. The van der Waals surface area contributed by atoms with Crippen LogP contribution in [0.25, 0.3) is 11.5 Å². The molecule has 2 heterocycles. The van der Waals surface area contributed by atoms with Gasteiger partial charge >= 0.3 is 0 Å². The number of nitriles is 1. The standard InChI is InChI=1S/C15H12N4O/c1-11(12-6-3-2-4-7-12)19-15(13(10-16)17-18-19)14-8-5-9-20-14/h2-9,11H,1H3. The first kappa shape index (κ1) is 12.2. The molecule has 0 radical (unpaired) electrons. The van der Waals surface area contributed by atoms with Crippen LogP contribution in [0.15, 0.2) is 53.1 Å². The molecular weight excluding hydrogens is 252 g/mol. The Hall–Kier alpha value is -2.87. The highest BCUT2D eigenvalue weighted by molar-refractivity contribution is 5.59. The van der Waals surface area contributed by atoms with Crippen LogP contribution < -0.4 is 0 Å². The molecule has 5 heteroatoms. The summed E-state index contributed by atoms with van der Waals surface area (Å²) in [6.07, 6.45) is 1.57. The molecule has 1 aromatic carbocycles. The highest BCUT2D eigenvalue weighted by atomic mass is 16.3. The van der Waals surface area contributed by atoms with Gasteiger partial charge in [-0.15, -0.1) is 5.10 Å². The van der Waals surface area contributed by atoms with Crippen LogP contribution >= 0.6 is 0 Å². The van der Waals surface area contributed by atoms with Crippen molar-refractivity contribution in [3.05, 3.63) is 60.0 Å². The summed E-state index contributed by atoms with van der Waals surface area (Å²) >= 11 is 0. The lowest BCUT2D eigenvalue weighted by atomic mass is 10.1. The highest BCUT2D eigenvalue weighted by Crippen LogP contribution is 2.27. The number of nitrogens with zero attached hydrogens (tertiary/aromatic N) is 4. The van der Waals surface area contributed by atoms with Crippen molar-refractivity contribution in [2.75, 3.05) is 0 Å². The Morgan fingerprint density at radius 1 is 1.20 bits per heavy atom. The summed E-state index contributed by atoms with van der Waals surface area (Å²) in [4.78, 5) is 0. The van der Waals surface area contributed by atoms with E-state index in [0.717, 1.165) is 5.56 Å². The van der Waals surface area contributed by atoms with Crippen LogP contribution in [0.4, 0.5) is 0 Å². The first-order valence-corrected chi connectivity index (χ1v) is 6.25. The van der Waals surface area contributed by atoms with E-state index in [1.807, 2.05) is 37.3 Å². The van der Waals surface area contributed by atoms with E-state index in [2.05, 4.69) is 16.4 Å². The average molecular weight is 264 g/mol. The van der Waals surface area contributed by atoms with E-state index >= 15 is 0 Å². The van der Waals surface area contributed by atoms with Crippen molar-refractivity contribution in [2.45, 2.75) is 13.0 Å². The fourth-order valence-electron chi connectivity index (χ4n) is 2.16. The van der Waals surface area contributed by atoms with E-state index in [9.17, 15) is 5.26 Å². The monoisotopic (exact) mass is 264 g/mol. The van der Waals surface area contributed by atoms with E-state index in [1.54, 1.807) is 23.1 Å². The van der Waals surface area contributed by atoms with Gasteiger partial charge in [0.1, 0.15) is 11.8 Å². The zero-order valence-corrected chi connectivity index (χ0v) is 10.9. The molecule has 0 bridgehead atoms. The molecule has 1 atom stereocenters. The molecule has 0 aliphatic rings. The van der Waals surface area contributed by atoms with Gasteiger partial charge in [0.15, 0.2) is 11.5 Å². The Morgan fingerprint density at radius 3 is 2.65 bits per heavy atom. The number of hydrogen-bond acceptors (Lipinski definition) is 4. The van der Waals surface area contributed by atoms with Gasteiger partial charge in [0.2, 0.25) is 0 Å². The summed E-state index contributed by atoms with van der Waals surface area (Å²) in [5, 5.41) is 17.2. The summed E-state index contributed by atoms with van der Waals surface area (Å²) in [6.45, 7) is 2.01. The molecule has 1 unspecified atom stereocenters. The van der Waals surface area contributed by atoms with Gasteiger partial charge in [-0.25, -0.2) is 4.68 Å². The fourth-order valence-corrected chi connectivity index (χ4v) is 2.16. The Balaban J connectivity index is 2.12. The lowest BCUT2D eigenvalue weighted by Gasteiger charge is -2.14. The van der Waals surface area contributed by atoms with Crippen LogP contribution in [0.2, 0.25) is 0 Å². The lowest BCUT2D eigenvalue weighted by Crippen LogP contribution is -2.10. The summed E-state index contributed by atoms with van der Waals surface area (Å²) < 4.78 is 7.11. The summed E-state index contributed by atoms with van der Waals surface area (Å²) in [5.74, 6) is 0.592. The third-order valence-corrected chi connectivity index (χ3v) is 3.20. The van der Waals surface area contributed by atoms with Gasteiger partial charge < -0.3 is 4.42 Å². The van der Waals surface area contributed by atoms with Crippen molar-refractivity contribution in [2.24, 2.45) is 0 Å². The molecule has 0 amide bonds. The molecule has 98 valence electrons. The van der Waals surface area contributed by atoms with Crippen LogP contribution in [-0.4, -0.2) is 15.0 Å². The second-order valence-corrected chi connectivity index (χ2v) is 4.41. The predicted octanol–water partition coefficient (Wildman–Crippen LogP) is 3.02. The van der Waals surface area contributed by atoms with Gasteiger partial charge in [-0.05, 0) is 24.6 Å². The zero-order chi connectivity index (χ0) is 13.9. The smallest absolute Gasteiger partial charge is 0.193 e. The zero-order valence-electron chi connectivity index (χ0n) is 10.9. The fraction of sp³-hybridized carbons (Fsp3) is 0.133. The molecule has 3 rings (SSSR count). The van der Waals surface area contributed by atoms with Crippen molar-refractivity contribution in [1.29, 1.82) is 5.26 Å². The maximum atomic E-state index is 9.18. The van der Waals surface area contributed by atoms with Crippen molar-refractivity contribution >= 4 is 0 Å². The Labute approximate surface area is 116 Å². The second kappa shape index (κ2) is 5.02. The maximum Gasteiger partial charge on any atom is 0.193 e. The predicted molar refractivity (Wildman–Crippen MR) is 72.7 cm³/mol. The SMILES string of the molecule is CC(c1ccccc1)n1nnc(C#N)c1-c1ccco1. The van der Waals surface area contributed by atoms with Crippen molar-refractivity contribution in [1.82, 2.24) is 15.0 Å². The topological polar surface area (TPSA) is 67.6 Å². The van der Waals surface area contributed by atoms with E-state index in [-0.39, 0.29) is 11.7 Å². The molecule has 3 aromatic rings. The van der Waals surface area contributed by atoms with E-state index in [4.69, 9.17) is 4.42 Å². The average Bonchev–Trinajstić information content (AvgIpc) is 3.15. The van der Waals surface area contributed by atoms with Gasteiger partial charge in [-0.1, -0.05) is 35.5 Å². The van der Waals surface area contributed by atoms with Gasteiger partial charge in [-0.2, -0.15) is 5.26 Å². The lowest BCUT2D eigenvalue weighted by molar-refractivity contribution is 0.526. The number of benzene rings is 1. The molecule has 20 heavy (non-hydrogen) atoms. The first-order valence-electron chi connectivity index (χ1n) is 6.25. The normalized spacial score (nSPS) is 12.0. The molecule has 0 N–H and O–H groups in total. The molecule has 0 aliphatic carbocycles. The molecule has 0 aliphatic heterocycles. The Bertz CT molecular complexity index is 738. The number of rotatable bonds is 3. The molecule has 0 saturated heterocycles. The molecule has 0 saturated carbocycles. The molecular formula is C15H12N4O. The van der Waals surface area contributed by atoms with E-state index in [1.165, 1.54) is 0 Å². The third kappa shape index (κ3) is 1.97. The van der Waals surface area contributed by atoms with Crippen LogP contribution in [-0.2, 0) is 0 Å². The first-order chi connectivity index (χ1) is 9.81. The molecule has 0 spiro atoms. The van der Waals surface area contributed by atoms with Crippen LogP contribution in [0.5, 0.6) is 0 Å². The molecule has 5 nitrogen and oxygen atoms in total. The summed E-state index contributed by atoms with van der Waals surface area (Å²) in [5.41, 5.74) is 1.96. The Morgan fingerprint density at radius 2 is 2.00 bits per heavy atom. The summed E-state index contributed by atoms with van der Waals surface area (Å²) in [7, 11) is 0. The number of hydrogen-bond donors (Lipinski definition) is 0. The van der Waals surface area contributed by atoms with Gasteiger partial charge in [0.05, 0.1) is 12.3 Å². The van der Waals surface area contributed by atoms with E-state index < -0.39 is 0 Å².